The minimum absolute atomic E-state index is 0.338. The van der Waals surface area contributed by atoms with Crippen molar-refractivity contribution in [1.29, 1.82) is 0 Å². The van der Waals surface area contributed by atoms with E-state index in [0.29, 0.717) is 17.2 Å². The molecule has 0 fully saturated rings. The summed E-state index contributed by atoms with van der Waals surface area (Å²) >= 11 is 4.49. The van der Waals surface area contributed by atoms with Gasteiger partial charge in [0.2, 0.25) is 10.0 Å². The maximum Gasteiger partial charge on any atom is 0.250 e. The highest BCUT2D eigenvalue weighted by atomic mass is 79.9. The molecule has 0 bridgehead atoms. The van der Waals surface area contributed by atoms with Gasteiger partial charge in [-0.1, -0.05) is 0 Å². The summed E-state index contributed by atoms with van der Waals surface area (Å²) in [5.74, 6) is 0. The number of aryl methyl sites for hydroxylation is 1. The zero-order valence-corrected chi connectivity index (χ0v) is 14.8. The van der Waals surface area contributed by atoms with E-state index in [9.17, 15) is 8.42 Å². The van der Waals surface area contributed by atoms with Gasteiger partial charge in [0.15, 0.2) is 0 Å². The fourth-order valence-corrected chi connectivity index (χ4v) is 5.11. The topological polar surface area (TPSA) is 51.1 Å². The van der Waals surface area contributed by atoms with Gasteiger partial charge in [-0.2, -0.15) is 0 Å². The number of hydrogen-bond acceptors (Lipinski definition) is 3. The molecule has 0 saturated heterocycles. The second-order valence-corrected chi connectivity index (χ2v) is 9.12. The molecule has 4 nitrogen and oxygen atoms in total. The van der Waals surface area contributed by atoms with Crippen LogP contribution < -0.4 is 4.72 Å². The van der Waals surface area contributed by atoms with Crippen molar-refractivity contribution < 1.29 is 8.42 Å². The van der Waals surface area contributed by atoms with Gasteiger partial charge < -0.3 is 4.57 Å². The Morgan fingerprint density at radius 1 is 1.35 bits per heavy atom. The normalized spacial score (nSPS) is 12.0. The van der Waals surface area contributed by atoms with E-state index in [1.165, 1.54) is 28.3 Å². The molecule has 0 radical (unpaired) electrons. The third-order valence-corrected chi connectivity index (χ3v) is 6.96. The number of hydrogen-bond donors (Lipinski definition) is 1. The summed E-state index contributed by atoms with van der Waals surface area (Å²) in [6.45, 7) is 4.50. The van der Waals surface area contributed by atoms with E-state index in [-0.39, 0.29) is 0 Å². The quantitative estimate of drug-likeness (QED) is 0.871. The van der Waals surface area contributed by atoms with Crippen molar-refractivity contribution in [1.82, 2.24) is 9.29 Å². The summed E-state index contributed by atoms with van der Waals surface area (Å²) in [7, 11) is -1.38. The Balaban J connectivity index is 2.01. The van der Waals surface area contributed by atoms with Crippen molar-refractivity contribution in [3.63, 3.8) is 0 Å². The molecule has 0 aliphatic heterocycles. The minimum atomic E-state index is -3.39. The van der Waals surface area contributed by atoms with Gasteiger partial charge >= 0.3 is 0 Å². The molecule has 0 saturated carbocycles. The monoisotopic (exact) mass is 376 g/mol. The lowest BCUT2D eigenvalue weighted by molar-refractivity contribution is 0.583. The van der Waals surface area contributed by atoms with Crippen molar-refractivity contribution in [3.8, 4) is 0 Å². The molecule has 2 rings (SSSR count). The fourth-order valence-electron chi connectivity index (χ4n) is 2.02. The van der Waals surface area contributed by atoms with Gasteiger partial charge in [0, 0.05) is 25.0 Å². The van der Waals surface area contributed by atoms with Crippen LogP contribution in [0.25, 0.3) is 0 Å². The zero-order chi connectivity index (χ0) is 14.9. The van der Waals surface area contributed by atoms with Crippen LogP contribution in [0, 0.1) is 13.8 Å². The molecule has 1 N–H and O–H groups in total. The van der Waals surface area contributed by atoms with E-state index in [1.54, 1.807) is 12.1 Å². The summed E-state index contributed by atoms with van der Waals surface area (Å²) in [6, 6.07) is 5.45. The van der Waals surface area contributed by atoms with E-state index < -0.39 is 10.0 Å². The molecule has 110 valence electrons. The van der Waals surface area contributed by atoms with Crippen molar-refractivity contribution in [3.05, 3.63) is 38.9 Å². The van der Waals surface area contributed by atoms with Gasteiger partial charge in [-0.15, -0.1) is 11.3 Å². The number of rotatable bonds is 5. The lowest BCUT2D eigenvalue weighted by atomic mass is 10.2. The number of aromatic nitrogens is 1. The fraction of sp³-hybridized carbons (Fsp3) is 0.385. The van der Waals surface area contributed by atoms with Gasteiger partial charge in [0.1, 0.15) is 4.21 Å². The molecule has 2 aromatic rings. The highest BCUT2D eigenvalue weighted by molar-refractivity contribution is 9.11. The van der Waals surface area contributed by atoms with Gasteiger partial charge in [0.05, 0.1) is 3.79 Å². The third-order valence-electron chi connectivity index (χ3n) is 3.38. The standard InChI is InChI=1S/C13H17BrN2O2S2/c1-9-8-11(10(2)16(9)3)6-7-15-20(17,18)13-5-4-12(14)19-13/h4-5,8,15H,6-7H2,1-3H3. The average molecular weight is 377 g/mol. The highest BCUT2D eigenvalue weighted by Gasteiger charge is 2.16. The van der Waals surface area contributed by atoms with Crippen molar-refractivity contribution in [2.45, 2.75) is 24.5 Å². The van der Waals surface area contributed by atoms with E-state index in [4.69, 9.17) is 0 Å². The second-order valence-electron chi connectivity index (χ2n) is 4.66. The van der Waals surface area contributed by atoms with Gasteiger partial charge in [-0.05, 0) is 60.0 Å². The summed E-state index contributed by atoms with van der Waals surface area (Å²) in [5.41, 5.74) is 3.54. The first-order valence-corrected chi connectivity index (χ1v) is 9.27. The number of halogens is 1. The highest BCUT2D eigenvalue weighted by Crippen LogP contribution is 2.25. The first-order chi connectivity index (χ1) is 9.31. The predicted octanol–water partition coefficient (Wildman–Crippen LogP) is 2.99. The number of nitrogens with one attached hydrogen (secondary N) is 1. The van der Waals surface area contributed by atoms with Crippen LogP contribution in [0.5, 0.6) is 0 Å². The Morgan fingerprint density at radius 2 is 2.05 bits per heavy atom. The average Bonchev–Trinajstić information content (AvgIpc) is 2.91. The van der Waals surface area contributed by atoms with Crippen LogP contribution in [0.2, 0.25) is 0 Å². The van der Waals surface area contributed by atoms with Crippen molar-refractivity contribution >= 4 is 37.3 Å². The van der Waals surface area contributed by atoms with Crippen molar-refractivity contribution in [2.75, 3.05) is 6.54 Å². The lowest BCUT2D eigenvalue weighted by Gasteiger charge is -2.05. The largest absolute Gasteiger partial charge is 0.352 e. The molecule has 0 aliphatic rings. The number of nitrogens with zero attached hydrogens (tertiary/aromatic N) is 1. The van der Waals surface area contributed by atoms with E-state index in [2.05, 4.69) is 31.3 Å². The molecule has 20 heavy (non-hydrogen) atoms. The number of thiophene rings is 1. The Morgan fingerprint density at radius 3 is 2.55 bits per heavy atom. The Kier molecular flexibility index (Phi) is 4.73. The molecular formula is C13H17BrN2O2S2. The van der Waals surface area contributed by atoms with E-state index >= 15 is 0 Å². The molecule has 0 aliphatic carbocycles. The van der Waals surface area contributed by atoms with Crippen LogP contribution in [0.4, 0.5) is 0 Å². The molecule has 7 heteroatoms. The number of sulfonamides is 1. The third kappa shape index (κ3) is 3.33. The predicted molar refractivity (Wildman–Crippen MR) is 85.8 cm³/mol. The maximum atomic E-state index is 12.1. The second kappa shape index (κ2) is 6.01. The van der Waals surface area contributed by atoms with Crippen LogP contribution in [-0.2, 0) is 23.5 Å². The van der Waals surface area contributed by atoms with Crippen LogP contribution >= 0.6 is 27.3 Å². The Hall–Kier alpha value is -0.630. The van der Waals surface area contributed by atoms with E-state index in [1.807, 2.05) is 20.9 Å². The molecule has 0 atom stereocenters. The van der Waals surface area contributed by atoms with Crippen LogP contribution in [0.1, 0.15) is 17.0 Å². The summed E-state index contributed by atoms with van der Waals surface area (Å²) < 4.78 is 30.0. The summed E-state index contributed by atoms with van der Waals surface area (Å²) in [6.07, 6.45) is 0.694. The van der Waals surface area contributed by atoms with Gasteiger partial charge in [-0.25, -0.2) is 13.1 Å². The summed E-state index contributed by atoms with van der Waals surface area (Å²) in [4.78, 5) is 0. The maximum absolute atomic E-state index is 12.1. The molecule has 0 spiro atoms. The van der Waals surface area contributed by atoms with E-state index in [0.717, 1.165) is 3.79 Å². The smallest absolute Gasteiger partial charge is 0.250 e. The zero-order valence-electron chi connectivity index (χ0n) is 11.6. The summed E-state index contributed by atoms with van der Waals surface area (Å²) in [5, 5.41) is 0. The van der Waals surface area contributed by atoms with Gasteiger partial charge in [-0.3, -0.25) is 0 Å². The molecule has 0 aromatic carbocycles. The minimum Gasteiger partial charge on any atom is -0.352 e. The Labute approximate surface area is 132 Å². The van der Waals surface area contributed by atoms with Crippen molar-refractivity contribution in [2.24, 2.45) is 7.05 Å². The SMILES string of the molecule is Cc1cc(CCNS(=O)(=O)c2ccc(Br)s2)c(C)n1C. The van der Waals surface area contributed by atoms with Crippen LogP contribution in [0.15, 0.2) is 26.2 Å². The first kappa shape index (κ1) is 15.8. The molecular weight excluding hydrogens is 360 g/mol. The lowest BCUT2D eigenvalue weighted by Crippen LogP contribution is -2.25. The van der Waals surface area contributed by atoms with Gasteiger partial charge in [0.25, 0.3) is 0 Å². The molecule has 2 heterocycles. The molecule has 2 aromatic heterocycles. The van der Waals surface area contributed by atoms with Crippen LogP contribution in [0.3, 0.4) is 0 Å². The Bertz CT molecular complexity index is 717. The molecule has 0 unspecified atom stereocenters. The molecule has 0 amide bonds. The first-order valence-electron chi connectivity index (χ1n) is 6.18. The van der Waals surface area contributed by atoms with Crippen LogP contribution in [-0.4, -0.2) is 19.5 Å².